The lowest BCUT2D eigenvalue weighted by Gasteiger charge is -2.08. The van der Waals surface area contributed by atoms with Gasteiger partial charge in [0.05, 0.1) is 5.69 Å². The summed E-state index contributed by atoms with van der Waals surface area (Å²) in [6.45, 7) is 6.04. The Bertz CT molecular complexity index is 585. The van der Waals surface area contributed by atoms with E-state index >= 15 is 0 Å². The molecule has 0 unspecified atom stereocenters. The number of nitrogens with zero attached hydrogens (tertiary/aromatic N) is 1. The Labute approximate surface area is 94.2 Å². The molecule has 1 N–H and O–H groups in total. The molecule has 0 aliphatic heterocycles. The Morgan fingerprint density at radius 3 is 2.56 bits per heavy atom. The number of aryl methyl sites for hydroxylation is 3. The number of benzene rings is 1. The van der Waals surface area contributed by atoms with E-state index in [2.05, 4.69) is 23.0 Å². The van der Waals surface area contributed by atoms with Crippen molar-refractivity contribution in [1.29, 1.82) is 0 Å². The summed E-state index contributed by atoms with van der Waals surface area (Å²) in [4.78, 5) is 17.7. The smallest absolute Gasteiger partial charge is 0.305 e. The van der Waals surface area contributed by atoms with Gasteiger partial charge >= 0.3 is 5.69 Å². The van der Waals surface area contributed by atoms with Gasteiger partial charge in [-0.25, -0.2) is 9.78 Å². The molecule has 2 aromatic rings. The molecule has 1 aromatic carbocycles. The highest BCUT2D eigenvalue weighted by atomic mass is 16.1. The Hall–Kier alpha value is -1.90. The summed E-state index contributed by atoms with van der Waals surface area (Å²) in [7, 11) is 0. The van der Waals surface area contributed by atoms with Gasteiger partial charge in [0.1, 0.15) is 0 Å². The Kier molecular flexibility index (Phi) is 2.60. The minimum absolute atomic E-state index is 0.305. The Morgan fingerprint density at radius 2 is 1.88 bits per heavy atom. The predicted molar refractivity (Wildman–Crippen MR) is 64.5 cm³/mol. The minimum atomic E-state index is -0.305. The Morgan fingerprint density at radius 1 is 1.12 bits per heavy atom. The summed E-state index contributed by atoms with van der Waals surface area (Å²) in [5.41, 5.74) is 4.97. The molecule has 0 aliphatic rings. The second-order valence-corrected chi connectivity index (χ2v) is 4.06. The van der Waals surface area contributed by atoms with Crippen LogP contribution < -0.4 is 5.69 Å². The van der Waals surface area contributed by atoms with Gasteiger partial charge in [-0.2, -0.15) is 0 Å². The van der Waals surface area contributed by atoms with Crippen LogP contribution in [0, 0.1) is 20.8 Å². The zero-order chi connectivity index (χ0) is 11.7. The first-order chi connectivity index (χ1) is 7.58. The first kappa shape index (κ1) is 10.6. The molecule has 82 valence electrons. The van der Waals surface area contributed by atoms with Crippen LogP contribution in [-0.2, 0) is 0 Å². The molecular weight excluding hydrogens is 200 g/mol. The third kappa shape index (κ3) is 1.89. The topological polar surface area (TPSA) is 45.8 Å². The van der Waals surface area contributed by atoms with Gasteiger partial charge in [-0.15, -0.1) is 0 Å². The number of rotatable bonds is 1. The number of H-pyrrole nitrogens is 1. The van der Waals surface area contributed by atoms with Crippen LogP contribution in [0.2, 0.25) is 0 Å². The zero-order valence-corrected chi connectivity index (χ0v) is 9.66. The third-order valence-corrected chi connectivity index (χ3v) is 2.65. The van der Waals surface area contributed by atoms with Crippen molar-refractivity contribution >= 4 is 0 Å². The fourth-order valence-electron chi connectivity index (χ4n) is 1.83. The van der Waals surface area contributed by atoms with Crippen LogP contribution in [0.25, 0.3) is 11.3 Å². The van der Waals surface area contributed by atoms with Crippen molar-refractivity contribution in [3.8, 4) is 11.3 Å². The molecule has 16 heavy (non-hydrogen) atoms. The summed E-state index contributed by atoms with van der Waals surface area (Å²) < 4.78 is 0. The Balaban J connectivity index is 2.67. The molecule has 1 aromatic heterocycles. The van der Waals surface area contributed by atoms with Crippen molar-refractivity contribution in [3.63, 3.8) is 0 Å². The van der Waals surface area contributed by atoms with E-state index in [0.717, 1.165) is 22.4 Å². The van der Waals surface area contributed by atoms with E-state index in [9.17, 15) is 4.79 Å². The molecule has 0 saturated heterocycles. The summed E-state index contributed by atoms with van der Waals surface area (Å²) in [5.74, 6) is 0. The van der Waals surface area contributed by atoms with Gasteiger partial charge in [-0.05, 0) is 31.9 Å². The van der Waals surface area contributed by atoms with Crippen molar-refractivity contribution in [2.45, 2.75) is 20.8 Å². The van der Waals surface area contributed by atoms with E-state index in [1.807, 2.05) is 26.0 Å². The fraction of sp³-hybridized carbons (Fsp3) is 0.231. The van der Waals surface area contributed by atoms with Gasteiger partial charge < -0.3 is 4.98 Å². The average Bonchev–Trinajstić information content (AvgIpc) is 2.22. The number of nitrogens with one attached hydrogen (secondary N) is 1. The van der Waals surface area contributed by atoms with E-state index in [0.29, 0.717) is 0 Å². The lowest BCUT2D eigenvalue weighted by Crippen LogP contribution is -2.11. The molecule has 1 heterocycles. The molecule has 0 saturated carbocycles. The van der Waals surface area contributed by atoms with Gasteiger partial charge in [0.2, 0.25) is 0 Å². The molecule has 0 amide bonds. The summed E-state index contributed by atoms with van der Waals surface area (Å²) >= 11 is 0. The SMILES string of the molecule is Cc1ccc(-c2[nH]c(=O)ncc2C)c(C)c1. The molecule has 0 spiro atoms. The predicted octanol–water partition coefficient (Wildman–Crippen LogP) is 2.36. The largest absolute Gasteiger partial charge is 0.345 e. The average molecular weight is 214 g/mol. The van der Waals surface area contributed by atoms with Crippen LogP contribution >= 0.6 is 0 Å². The lowest BCUT2D eigenvalue weighted by atomic mass is 10.0. The molecule has 3 nitrogen and oxygen atoms in total. The molecule has 3 heteroatoms. The molecule has 0 atom stereocenters. The van der Waals surface area contributed by atoms with Crippen molar-refractivity contribution in [2.24, 2.45) is 0 Å². The normalized spacial score (nSPS) is 10.4. The van der Waals surface area contributed by atoms with Crippen molar-refractivity contribution in [2.75, 3.05) is 0 Å². The highest BCUT2D eigenvalue weighted by Crippen LogP contribution is 2.23. The second kappa shape index (κ2) is 3.93. The standard InChI is InChI=1S/C13H14N2O/c1-8-4-5-11(9(2)6-8)12-10(3)7-14-13(16)15-12/h4-7H,1-3H3,(H,14,15,16). The van der Waals surface area contributed by atoms with Crippen LogP contribution in [0.3, 0.4) is 0 Å². The van der Waals surface area contributed by atoms with Gasteiger partial charge in [-0.3, -0.25) is 0 Å². The number of hydrogen-bond acceptors (Lipinski definition) is 2. The molecule has 0 radical (unpaired) electrons. The van der Waals surface area contributed by atoms with Crippen LogP contribution in [-0.4, -0.2) is 9.97 Å². The lowest BCUT2D eigenvalue weighted by molar-refractivity contribution is 1.05. The fourth-order valence-corrected chi connectivity index (χ4v) is 1.83. The van der Waals surface area contributed by atoms with Crippen LogP contribution in [0.15, 0.2) is 29.2 Å². The second-order valence-electron chi connectivity index (χ2n) is 4.06. The quantitative estimate of drug-likeness (QED) is 0.792. The molecule has 0 aliphatic carbocycles. The van der Waals surface area contributed by atoms with E-state index in [4.69, 9.17) is 0 Å². The molecular formula is C13H14N2O. The maximum Gasteiger partial charge on any atom is 0.345 e. The van der Waals surface area contributed by atoms with E-state index in [1.165, 1.54) is 5.56 Å². The monoisotopic (exact) mass is 214 g/mol. The van der Waals surface area contributed by atoms with Gasteiger partial charge in [0.15, 0.2) is 0 Å². The summed E-state index contributed by atoms with van der Waals surface area (Å²) in [5, 5.41) is 0. The number of aromatic amines is 1. The van der Waals surface area contributed by atoms with Gasteiger partial charge in [0.25, 0.3) is 0 Å². The van der Waals surface area contributed by atoms with E-state index in [-0.39, 0.29) is 5.69 Å². The highest BCUT2D eigenvalue weighted by molar-refractivity contribution is 5.66. The maximum atomic E-state index is 11.2. The van der Waals surface area contributed by atoms with Gasteiger partial charge in [-0.1, -0.05) is 23.8 Å². The van der Waals surface area contributed by atoms with Crippen molar-refractivity contribution in [1.82, 2.24) is 9.97 Å². The number of hydrogen-bond donors (Lipinski definition) is 1. The van der Waals surface area contributed by atoms with Crippen LogP contribution in [0.1, 0.15) is 16.7 Å². The minimum Gasteiger partial charge on any atom is -0.305 e. The van der Waals surface area contributed by atoms with E-state index < -0.39 is 0 Å². The van der Waals surface area contributed by atoms with Crippen molar-refractivity contribution in [3.05, 3.63) is 51.6 Å². The maximum absolute atomic E-state index is 11.2. The van der Waals surface area contributed by atoms with E-state index in [1.54, 1.807) is 6.20 Å². The highest BCUT2D eigenvalue weighted by Gasteiger charge is 2.06. The van der Waals surface area contributed by atoms with Crippen LogP contribution in [0.4, 0.5) is 0 Å². The van der Waals surface area contributed by atoms with Crippen LogP contribution in [0.5, 0.6) is 0 Å². The zero-order valence-electron chi connectivity index (χ0n) is 9.66. The summed E-state index contributed by atoms with van der Waals surface area (Å²) in [6.07, 6.45) is 1.60. The molecule has 0 bridgehead atoms. The first-order valence-electron chi connectivity index (χ1n) is 5.21. The first-order valence-corrected chi connectivity index (χ1v) is 5.21. The van der Waals surface area contributed by atoms with Gasteiger partial charge in [0, 0.05) is 11.8 Å². The number of aromatic nitrogens is 2. The summed E-state index contributed by atoms with van der Waals surface area (Å²) in [6, 6.07) is 6.18. The molecule has 2 rings (SSSR count). The molecule has 0 fully saturated rings. The van der Waals surface area contributed by atoms with Crippen molar-refractivity contribution < 1.29 is 0 Å². The third-order valence-electron chi connectivity index (χ3n) is 2.65.